The number of methoxy groups -OCH3 is 2. The van der Waals surface area contributed by atoms with E-state index in [0.717, 1.165) is 47.3 Å². The van der Waals surface area contributed by atoms with Crippen LogP contribution in [0.2, 0.25) is 0 Å². The SMILES string of the molecule is COc1ccc(Nc2nc3nc(Nc4ccc(OC)cc4)[nH+]c(N4CCOCC4)c3[nH]2)cc1. The molecule has 0 spiro atoms. The lowest BCUT2D eigenvalue weighted by atomic mass is 10.3. The van der Waals surface area contributed by atoms with Gasteiger partial charge in [-0.25, -0.2) is 4.98 Å². The van der Waals surface area contributed by atoms with Gasteiger partial charge in [0, 0.05) is 5.69 Å². The number of imidazole rings is 1. The Kier molecular flexibility index (Phi) is 5.81. The second-order valence-electron chi connectivity index (χ2n) is 7.52. The first-order valence-corrected chi connectivity index (χ1v) is 10.7. The molecule has 1 aliphatic rings. The van der Waals surface area contributed by atoms with Crippen molar-refractivity contribution in [2.24, 2.45) is 0 Å². The highest BCUT2D eigenvalue weighted by Gasteiger charge is 2.24. The quantitative estimate of drug-likeness (QED) is 0.396. The fraction of sp³-hybridized carbons (Fsp3) is 0.261. The zero-order valence-electron chi connectivity index (χ0n) is 18.5. The highest BCUT2D eigenvalue weighted by molar-refractivity contribution is 5.85. The van der Waals surface area contributed by atoms with Crippen LogP contribution in [0.25, 0.3) is 11.2 Å². The molecule has 0 amide bonds. The molecule has 0 radical (unpaired) electrons. The summed E-state index contributed by atoms with van der Waals surface area (Å²) in [5.74, 6) is 3.70. The fourth-order valence-corrected chi connectivity index (χ4v) is 3.68. The Morgan fingerprint density at radius 3 is 2.09 bits per heavy atom. The Morgan fingerprint density at radius 2 is 1.48 bits per heavy atom. The van der Waals surface area contributed by atoms with Gasteiger partial charge in [0.1, 0.15) is 11.5 Å². The van der Waals surface area contributed by atoms with E-state index in [0.29, 0.717) is 30.8 Å². The van der Waals surface area contributed by atoms with E-state index in [-0.39, 0.29) is 0 Å². The van der Waals surface area contributed by atoms with Gasteiger partial charge in [-0.15, -0.1) is 0 Å². The van der Waals surface area contributed by atoms with Gasteiger partial charge in [0.15, 0.2) is 5.52 Å². The van der Waals surface area contributed by atoms with E-state index in [9.17, 15) is 0 Å². The second-order valence-corrected chi connectivity index (χ2v) is 7.52. The Hall–Kier alpha value is -4.05. The lowest BCUT2D eigenvalue weighted by Gasteiger charge is -2.24. The number of ether oxygens (including phenoxy) is 3. The van der Waals surface area contributed by atoms with Crippen LogP contribution in [-0.2, 0) is 4.74 Å². The van der Waals surface area contributed by atoms with Crippen LogP contribution >= 0.6 is 0 Å². The molecule has 0 unspecified atom stereocenters. The molecule has 0 aliphatic carbocycles. The van der Waals surface area contributed by atoms with Crippen molar-refractivity contribution in [1.29, 1.82) is 0 Å². The lowest BCUT2D eigenvalue weighted by molar-refractivity contribution is -0.349. The summed E-state index contributed by atoms with van der Waals surface area (Å²) in [7, 11) is 3.30. The third-order valence-electron chi connectivity index (χ3n) is 5.41. The van der Waals surface area contributed by atoms with Crippen molar-refractivity contribution in [3.8, 4) is 11.5 Å². The maximum atomic E-state index is 5.54. The average Bonchev–Trinajstić information content (AvgIpc) is 3.27. The number of fused-ring (bicyclic) bond motifs is 1. The van der Waals surface area contributed by atoms with Crippen LogP contribution in [0, 0.1) is 0 Å². The highest BCUT2D eigenvalue weighted by atomic mass is 16.5. The smallest absolute Gasteiger partial charge is 0.351 e. The molecule has 2 aromatic carbocycles. The lowest BCUT2D eigenvalue weighted by Crippen LogP contribution is -2.40. The van der Waals surface area contributed by atoms with Gasteiger partial charge in [0.05, 0.1) is 46.2 Å². The Morgan fingerprint density at radius 1 is 0.879 bits per heavy atom. The number of hydrogen-bond donors (Lipinski definition) is 3. The first-order valence-electron chi connectivity index (χ1n) is 10.7. The van der Waals surface area contributed by atoms with Crippen LogP contribution in [0.1, 0.15) is 0 Å². The Balaban J connectivity index is 1.48. The van der Waals surface area contributed by atoms with Gasteiger partial charge < -0.3 is 29.4 Å². The molecule has 3 heterocycles. The van der Waals surface area contributed by atoms with Gasteiger partial charge in [-0.3, -0.25) is 5.32 Å². The summed E-state index contributed by atoms with van der Waals surface area (Å²) in [6, 6.07) is 15.3. The molecule has 1 saturated heterocycles. The largest absolute Gasteiger partial charge is 0.497 e. The van der Waals surface area contributed by atoms with Gasteiger partial charge in [-0.2, -0.15) is 4.98 Å². The summed E-state index contributed by atoms with van der Waals surface area (Å²) in [5, 5.41) is 6.63. The number of rotatable bonds is 7. The average molecular weight is 449 g/mol. The number of aromatic amines is 2. The van der Waals surface area contributed by atoms with Crippen LogP contribution in [0.5, 0.6) is 11.5 Å². The molecule has 4 N–H and O–H groups in total. The zero-order valence-corrected chi connectivity index (χ0v) is 18.5. The summed E-state index contributed by atoms with van der Waals surface area (Å²) in [6.45, 7) is 2.89. The van der Waals surface area contributed by atoms with E-state index in [1.807, 2.05) is 48.5 Å². The van der Waals surface area contributed by atoms with E-state index >= 15 is 0 Å². The van der Waals surface area contributed by atoms with Crippen molar-refractivity contribution in [1.82, 2.24) is 15.0 Å². The molecular formula is C23H26N7O3+. The third-order valence-corrected chi connectivity index (χ3v) is 5.41. The van der Waals surface area contributed by atoms with Crippen molar-refractivity contribution in [2.45, 2.75) is 0 Å². The molecule has 33 heavy (non-hydrogen) atoms. The summed E-state index contributed by atoms with van der Waals surface area (Å²) in [4.78, 5) is 18.4. The maximum Gasteiger partial charge on any atom is 0.351 e. The van der Waals surface area contributed by atoms with Crippen LogP contribution in [-0.4, -0.2) is 55.5 Å². The third kappa shape index (κ3) is 4.60. The number of nitrogens with one attached hydrogen (secondary N) is 4. The molecule has 5 rings (SSSR count). The number of nitrogens with zero attached hydrogens (tertiary/aromatic N) is 3. The molecule has 10 heteroatoms. The number of anilines is 5. The van der Waals surface area contributed by atoms with E-state index in [1.165, 1.54) is 0 Å². The summed E-state index contributed by atoms with van der Waals surface area (Å²) < 4.78 is 16.0. The molecule has 10 nitrogen and oxygen atoms in total. The number of aromatic nitrogens is 4. The molecule has 0 bridgehead atoms. The minimum absolute atomic E-state index is 0.594. The van der Waals surface area contributed by atoms with Crippen LogP contribution < -0.4 is 30.0 Å². The Bertz CT molecular complexity index is 1220. The van der Waals surface area contributed by atoms with Crippen molar-refractivity contribution >= 4 is 40.3 Å². The summed E-state index contributed by atoms with van der Waals surface area (Å²) >= 11 is 0. The van der Waals surface area contributed by atoms with Crippen LogP contribution in [0.3, 0.4) is 0 Å². The van der Waals surface area contributed by atoms with E-state index in [1.54, 1.807) is 14.2 Å². The molecule has 0 saturated carbocycles. The Labute approximate surface area is 190 Å². The van der Waals surface area contributed by atoms with Crippen molar-refractivity contribution < 1.29 is 19.2 Å². The van der Waals surface area contributed by atoms with Gasteiger partial charge >= 0.3 is 5.95 Å². The van der Waals surface area contributed by atoms with Crippen LogP contribution in [0.15, 0.2) is 48.5 Å². The van der Waals surface area contributed by atoms with Gasteiger partial charge in [-0.1, -0.05) is 4.98 Å². The van der Waals surface area contributed by atoms with Gasteiger partial charge in [-0.05, 0) is 48.5 Å². The van der Waals surface area contributed by atoms with Crippen molar-refractivity contribution in [3.63, 3.8) is 0 Å². The maximum absolute atomic E-state index is 5.54. The minimum atomic E-state index is 0.594. The molecule has 170 valence electrons. The number of hydrogen-bond acceptors (Lipinski definition) is 8. The fourth-order valence-electron chi connectivity index (χ4n) is 3.68. The zero-order chi connectivity index (χ0) is 22.6. The molecule has 1 aliphatic heterocycles. The minimum Gasteiger partial charge on any atom is -0.497 e. The molecule has 4 aromatic rings. The molecular weight excluding hydrogens is 422 g/mol. The highest BCUT2D eigenvalue weighted by Crippen LogP contribution is 2.26. The summed E-state index contributed by atoms with van der Waals surface area (Å²) in [5.41, 5.74) is 3.21. The predicted octanol–water partition coefficient (Wildman–Crippen LogP) is 3.11. The number of morpholine rings is 1. The standard InChI is InChI=1S/C23H25N7O3/c1-31-17-7-3-15(4-8-17)24-22-26-19-20(27-22)28-23(25-16-5-9-18(32-2)10-6-16)29-21(19)30-11-13-33-14-12-30/h3-10H,11-14H2,1-2H3,(H3,24,25,26,27,28,29)/p+1. The normalized spacial score (nSPS) is 13.7. The summed E-state index contributed by atoms with van der Waals surface area (Å²) in [6.07, 6.45) is 0. The number of benzene rings is 2. The second kappa shape index (κ2) is 9.21. The molecule has 2 aromatic heterocycles. The molecule has 0 atom stereocenters. The first kappa shape index (κ1) is 20.8. The molecule has 1 fully saturated rings. The first-order chi connectivity index (χ1) is 16.2. The van der Waals surface area contributed by atoms with E-state index in [2.05, 4.69) is 30.5 Å². The van der Waals surface area contributed by atoms with E-state index in [4.69, 9.17) is 19.2 Å². The number of H-pyrrole nitrogens is 2. The van der Waals surface area contributed by atoms with Gasteiger partial charge in [0.2, 0.25) is 17.4 Å². The van der Waals surface area contributed by atoms with Crippen LogP contribution in [0.4, 0.5) is 29.1 Å². The van der Waals surface area contributed by atoms with Crippen molar-refractivity contribution in [2.75, 3.05) is 56.1 Å². The monoisotopic (exact) mass is 448 g/mol. The van der Waals surface area contributed by atoms with Crippen molar-refractivity contribution in [3.05, 3.63) is 48.5 Å². The van der Waals surface area contributed by atoms with E-state index < -0.39 is 0 Å². The topological polar surface area (TPSA) is 111 Å². The predicted molar refractivity (Wildman–Crippen MR) is 126 cm³/mol. The van der Waals surface area contributed by atoms with Gasteiger partial charge in [0.25, 0.3) is 0 Å².